The molecule has 0 amide bonds. The predicted molar refractivity (Wildman–Crippen MR) is 72.9 cm³/mol. The summed E-state index contributed by atoms with van der Waals surface area (Å²) >= 11 is 0. The van der Waals surface area contributed by atoms with Gasteiger partial charge in [-0.05, 0) is 50.6 Å². The molecule has 0 radical (unpaired) electrons. The molecule has 3 heterocycles. The maximum absolute atomic E-state index is 5.79. The standard InChI is InChI=1S/C14H18N4O2/c1-10-2-7-16-12(8-10)14-17-13(20-18-14)9-19-11-3-5-15-6-4-11/h2,7-8,11,15H,3-6,9H2,1H3. The van der Waals surface area contributed by atoms with Crippen LogP contribution in [0.5, 0.6) is 0 Å². The maximum Gasteiger partial charge on any atom is 0.253 e. The van der Waals surface area contributed by atoms with Gasteiger partial charge in [-0.2, -0.15) is 4.98 Å². The summed E-state index contributed by atoms with van der Waals surface area (Å²) in [5, 5.41) is 7.25. The van der Waals surface area contributed by atoms with E-state index in [2.05, 4.69) is 20.4 Å². The second-order valence-electron chi connectivity index (χ2n) is 4.99. The highest BCUT2D eigenvalue weighted by molar-refractivity contribution is 5.48. The molecule has 0 saturated carbocycles. The summed E-state index contributed by atoms with van der Waals surface area (Å²) in [6.07, 6.45) is 4.08. The van der Waals surface area contributed by atoms with Crippen molar-refractivity contribution >= 4 is 0 Å². The lowest BCUT2D eigenvalue weighted by Gasteiger charge is -2.21. The van der Waals surface area contributed by atoms with E-state index in [0.29, 0.717) is 18.3 Å². The first-order valence-corrected chi connectivity index (χ1v) is 6.89. The smallest absolute Gasteiger partial charge is 0.253 e. The fraction of sp³-hybridized carbons (Fsp3) is 0.500. The molecule has 0 spiro atoms. The molecule has 1 aliphatic rings. The van der Waals surface area contributed by atoms with Gasteiger partial charge in [0.05, 0.1) is 6.10 Å². The average Bonchev–Trinajstić information content (AvgIpc) is 2.95. The molecule has 0 bridgehead atoms. The summed E-state index contributed by atoms with van der Waals surface area (Å²) in [4.78, 5) is 8.56. The fourth-order valence-corrected chi connectivity index (χ4v) is 2.23. The quantitative estimate of drug-likeness (QED) is 0.915. The van der Waals surface area contributed by atoms with E-state index in [1.165, 1.54) is 0 Å². The first kappa shape index (κ1) is 13.2. The van der Waals surface area contributed by atoms with Crippen LogP contribution >= 0.6 is 0 Å². The summed E-state index contributed by atoms with van der Waals surface area (Å²) in [5.41, 5.74) is 1.84. The Morgan fingerprint density at radius 1 is 1.40 bits per heavy atom. The van der Waals surface area contributed by atoms with Crippen molar-refractivity contribution in [2.45, 2.75) is 32.5 Å². The Morgan fingerprint density at radius 3 is 3.05 bits per heavy atom. The molecule has 0 aliphatic carbocycles. The number of ether oxygens (including phenoxy) is 1. The Morgan fingerprint density at radius 2 is 2.25 bits per heavy atom. The molecule has 1 saturated heterocycles. The molecule has 0 unspecified atom stereocenters. The Bertz CT molecular complexity index is 564. The minimum atomic E-state index is 0.281. The Labute approximate surface area is 117 Å². The van der Waals surface area contributed by atoms with Gasteiger partial charge in [0.2, 0.25) is 5.82 Å². The number of hydrogen-bond donors (Lipinski definition) is 1. The molecule has 1 aliphatic heterocycles. The van der Waals surface area contributed by atoms with Gasteiger partial charge in [0.1, 0.15) is 12.3 Å². The third kappa shape index (κ3) is 3.20. The van der Waals surface area contributed by atoms with Crippen molar-refractivity contribution in [1.29, 1.82) is 0 Å². The van der Waals surface area contributed by atoms with Gasteiger partial charge in [0.15, 0.2) is 0 Å². The first-order valence-electron chi connectivity index (χ1n) is 6.89. The normalized spacial score (nSPS) is 16.4. The van der Waals surface area contributed by atoms with E-state index in [1.54, 1.807) is 6.20 Å². The van der Waals surface area contributed by atoms with Crippen LogP contribution in [0.15, 0.2) is 22.9 Å². The van der Waals surface area contributed by atoms with E-state index < -0.39 is 0 Å². The molecule has 1 fully saturated rings. The molecule has 0 aromatic carbocycles. The summed E-state index contributed by atoms with van der Waals surface area (Å²) < 4.78 is 11.0. The molecular weight excluding hydrogens is 256 g/mol. The second-order valence-corrected chi connectivity index (χ2v) is 4.99. The molecule has 6 nitrogen and oxygen atoms in total. The van der Waals surface area contributed by atoms with E-state index in [4.69, 9.17) is 9.26 Å². The molecule has 6 heteroatoms. The van der Waals surface area contributed by atoms with Crippen LogP contribution in [0.3, 0.4) is 0 Å². The fourth-order valence-electron chi connectivity index (χ4n) is 2.23. The number of aromatic nitrogens is 3. The van der Waals surface area contributed by atoms with E-state index in [-0.39, 0.29) is 6.10 Å². The number of pyridine rings is 1. The molecule has 106 valence electrons. The van der Waals surface area contributed by atoms with Gasteiger partial charge in [-0.1, -0.05) is 5.16 Å². The van der Waals surface area contributed by atoms with Crippen LogP contribution in [0.2, 0.25) is 0 Å². The van der Waals surface area contributed by atoms with Crippen LogP contribution in [0.1, 0.15) is 24.3 Å². The SMILES string of the molecule is Cc1ccnc(-c2noc(COC3CCNCC3)n2)c1. The lowest BCUT2D eigenvalue weighted by molar-refractivity contribution is 0.00859. The van der Waals surface area contributed by atoms with Crippen LogP contribution in [0, 0.1) is 6.92 Å². The van der Waals surface area contributed by atoms with E-state index >= 15 is 0 Å². The summed E-state index contributed by atoms with van der Waals surface area (Å²) in [7, 11) is 0. The molecule has 2 aromatic rings. The van der Waals surface area contributed by atoms with Crippen molar-refractivity contribution < 1.29 is 9.26 Å². The second kappa shape index (κ2) is 6.11. The lowest BCUT2D eigenvalue weighted by atomic mass is 10.1. The summed E-state index contributed by atoms with van der Waals surface area (Å²) in [6, 6.07) is 3.87. The van der Waals surface area contributed by atoms with E-state index in [0.717, 1.165) is 37.2 Å². The highest BCUT2D eigenvalue weighted by atomic mass is 16.5. The van der Waals surface area contributed by atoms with Crippen LogP contribution < -0.4 is 5.32 Å². The van der Waals surface area contributed by atoms with Crippen LogP contribution in [0.4, 0.5) is 0 Å². The third-order valence-electron chi connectivity index (χ3n) is 3.34. The monoisotopic (exact) mass is 274 g/mol. The minimum absolute atomic E-state index is 0.281. The highest BCUT2D eigenvalue weighted by Crippen LogP contribution is 2.15. The largest absolute Gasteiger partial charge is 0.368 e. The van der Waals surface area contributed by atoms with Crippen LogP contribution in [-0.2, 0) is 11.3 Å². The molecule has 0 atom stereocenters. The lowest BCUT2D eigenvalue weighted by Crippen LogP contribution is -2.32. The number of nitrogens with zero attached hydrogens (tertiary/aromatic N) is 3. The third-order valence-corrected chi connectivity index (χ3v) is 3.34. The van der Waals surface area contributed by atoms with Gasteiger partial charge in [-0.3, -0.25) is 4.98 Å². The Balaban J connectivity index is 1.61. The summed E-state index contributed by atoms with van der Waals surface area (Å²) in [6.45, 7) is 4.38. The van der Waals surface area contributed by atoms with E-state index in [1.807, 2.05) is 19.1 Å². The minimum Gasteiger partial charge on any atom is -0.368 e. The topological polar surface area (TPSA) is 73.1 Å². The van der Waals surface area contributed by atoms with Gasteiger partial charge in [0, 0.05) is 6.20 Å². The molecule has 3 rings (SSSR count). The molecule has 2 aromatic heterocycles. The first-order chi connectivity index (χ1) is 9.81. The van der Waals surface area contributed by atoms with Crippen molar-refractivity contribution in [3.8, 4) is 11.5 Å². The van der Waals surface area contributed by atoms with Gasteiger partial charge in [0.25, 0.3) is 5.89 Å². The van der Waals surface area contributed by atoms with Crippen LogP contribution in [0.25, 0.3) is 11.5 Å². The summed E-state index contributed by atoms with van der Waals surface area (Å²) in [5.74, 6) is 1.01. The number of aryl methyl sites for hydroxylation is 1. The number of hydrogen-bond acceptors (Lipinski definition) is 6. The predicted octanol–water partition coefficient (Wildman–Crippen LogP) is 1.71. The average molecular weight is 274 g/mol. The van der Waals surface area contributed by atoms with Gasteiger partial charge < -0.3 is 14.6 Å². The number of rotatable bonds is 4. The van der Waals surface area contributed by atoms with Gasteiger partial charge in [-0.15, -0.1) is 0 Å². The zero-order valence-corrected chi connectivity index (χ0v) is 11.5. The molecular formula is C14H18N4O2. The maximum atomic E-state index is 5.79. The van der Waals surface area contributed by atoms with Gasteiger partial charge >= 0.3 is 0 Å². The van der Waals surface area contributed by atoms with Crippen molar-refractivity contribution in [2.24, 2.45) is 0 Å². The van der Waals surface area contributed by atoms with Crippen molar-refractivity contribution in [2.75, 3.05) is 13.1 Å². The zero-order valence-electron chi connectivity index (χ0n) is 11.5. The number of piperidine rings is 1. The Hall–Kier alpha value is -1.79. The highest BCUT2D eigenvalue weighted by Gasteiger charge is 2.16. The Kier molecular flexibility index (Phi) is 4.03. The van der Waals surface area contributed by atoms with Crippen molar-refractivity contribution in [3.63, 3.8) is 0 Å². The molecule has 1 N–H and O–H groups in total. The van der Waals surface area contributed by atoms with Gasteiger partial charge in [-0.25, -0.2) is 0 Å². The number of nitrogens with one attached hydrogen (secondary N) is 1. The zero-order chi connectivity index (χ0) is 13.8. The van der Waals surface area contributed by atoms with Crippen molar-refractivity contribution in [3.05, 3.63) is 29.8 Å². The van der Waals surface area contributed by atoms with Crippen molar-refractivity contribution in [1.82, 2.24) is 20.4 Å². The molecule has 20 heavy (non-hydrogen) atoms. The van der Waals surface area contributed by atoms with Crippen LogP contribution in [-0.4, -0.2) is 34.3 Å². The van der Waals surface area contributed by atoms with E-state index in [9.17, 15) is 0 Å².